The summed E-state index contributed by atoms with van der Waals surface area (Å²) in [4.78, 5) is 15.0. The molecule has 3 fully saturated rings. The van der Waals surface area contributed by atoms with Gasteiger partial charge in [-0.05, 0) is 43.0 Å². The van der Waals surface area contributed by atoms with Crippen LogP contribution in [0.25, 0.3) is 0 Å². The van der Waals surface area contributed by atoms with Crippen LogP contribution >= 0.6 is 0 Å². The fourth-order valence-corrected chi connectivity index (χ4v) is 5.33. The van der Waals surface area contributed by atoms with Crippen LogP contribution < -0.4 is 0 Å². The van der Waals surface area contributed by atoms with Crippen LogP contribution in [0.3, 0.4) is 0 Å². The van der Waals surface area contributed by atoms with Crippen molar-refractivity contribution >= 4 is 16.3 Å². The maximum Gasteiger partial charge on any atom is 0.255 e. The maximum atomic E-state index is 13.0. The lowest BCUT2D eigenvalue weighted by Gasteiger charge is -2.45. The summed E-state index contributed by atoms with van der Waals surface area (Å²) in [6.07, 6.45) is 3.13. The monoisotopic (exact) mass is 389 g/mol. The van der Waals surface area contributed by atoms with Gasteiger partial charge in [0.15, 0.2) is 15.3 Å². The second-order valence-electron chi connectivity index (χ2n) is 7.58. The predicted molar refractivity (Wildman–Crippen MR) is 97.0 cm³/mol. The van der Waals surface area contributed by atoms with Gasteiger partial charge in [-0.15, -0.1) is 4.31 Å². The smallest absolute Gasteiger partial charge is 0.255 e. The van der Waals surface area contributed by atoms with Crippen molar-refractivity contribution in [3.8, 4) is 6.07 Å². The number of hydrogen-bond donors (Lipinski definition) is 0. The quantitative estimate of drug-likeness (QED) is 0.728. The zero-order valence-corrected chi connectivity index (χ0v) is 16.0. The molecule has 1 amide bonds. The molecule has 27 heavy (non-hydrogen) atoms. The second kappa shape index (κ2) is 6.99. The summed E-state index contributed by atoms with van der Waals surface area (Å²) in [7, 11) is -3.64. The minimum Gasteiger partial charge on any atom is -0.593 e. The van der Waals surface area contributed by atoms with Crippen LogP contribution in [0.5, 0.6) is 0 Å². The van der Waals surface area contributed by atoms with E-state index in [1.54, 1.807) is 0 Å². The van der Waals surface area contributed by atoms with Gasteiger partial charge < -0.3 is 14.2 Å². The number of piperidine rings is 1. The molecule has 3 aliphatic rings. The first-order chi connectivity index (χ1) is 12.9. The van der Waals surface area contributed by atoms with Crippen LogP contribution in [0.4, 0.5) is 0 Å². The predicted octanol–water partition coefficient (Wildman–Crippen LogP) is 1.57. The number of hydrogen-bond acceptors (Lipinski definition) is 5. The highest BCUT2D eigenvalue weighted by atomic mass is 32.3. The fraction of sp³-hybridized carbons (Fsp3) is 0.579. The van der Waals surface area contributed by atoms with E-state index in [1.807, 2.05) is 11.0 Å². The Bertz CT molecular complexity index is 807. The van der Waals surface area contributed by atoms with Crippen LogP contribution in [0, 0.1) is 17.2 Å². The lowest BCUT2D eigenvalue weighted by atomic mass is 9.89. The summed E-state index contributed by atoms with van der Waals surface area (Å²) in [6, 6.07) is 7.90. The van der Waals surface area contributed by atoms with E-state index in [-0.39, 0.29) is 23.9 Å². The summed E-state index contributed by atoms with van der Waals surface area (Å²) >= 11 is 0. The van der Waals surface area contributed by atoms with E-state index < -0.39 is 16.0 Å². The van der Waals surface area contributed by atoms with Gasteiger partial charge in [-0.3, -0.25) is 4.79 Å². The Labute approximate surface area is 160 Å². The Morgan fingerprint density at radius 3 is 2.48 bits per heavy atom. The molecule has 1 aliphatic carbocycles. The van der Waals surface area contributed by atoms with Crippen molar-refractivity contribution in [2.45, 2.75) is 36.2 Å². The standard InChI is InChI=1S/C19H23N3O4S/c20-13-15-3-5-17(6-4-15)27(24,25)22-9-7-19(8-10-22)18(23)21(11-12-26-19)14-16-1-2-16/h3-6,16H,1-2,7-12,14H2. The molecule has 1 spiro atoms. The number of sulfonamides is 1. The molecule has 1 saturated carbocycles. The lowest BCUT2D eigenvalue weighted by molar-refractivity contribution is -0.178. The maximum absolute atomic E-state index is 13.0. The molecule has 0 radical (unpaired) electrons. The van der Waals surface area contributed by atoms with Gasteiger partial charge >= 0.3 is 0 Å². The van der Waals surface area contributed by atoms with Crippen LogP contribution in [0.15, 0.2) is 29.2 Å². The van der Waals surface area contributed by atoms with E-state index >= 15 is 0 Å². The SMILES string of the molecule is N#Cc1ccc([S+](=O)([O-])N2CCC3(CC2)OCCN(CC2CC2)C3=O)cc1. The van der Waals surface area contributed by atoms with Gasteiger partial charge in [0.1, 0.15) is 5.60 Å². The zero-order valence-electron chi connectivity index (χ0n) is 15.1. The van der Waals surface area contributed by atoms with Crippen molar-refractivity contribution in [3.63, 3.8) is 0 Å². The molecular weight excluding hydrogens is 366 g/mol. The number of rotatable bonds is 4. The van der Waals surface area contributed by atoms with E-state index in [9.17, 15) is 13.6 Å². The molecular formula is C19H23N3O4S. The summed E-state index contributed by atoms with van der Waals surface area (Å²) in [5, 5.41) is 8.87. The third kappa shape index (κ3) is 3.52. The highest BCUT2D eigenvalue weighted by Gasteiger charge is 2.50. The number of carbonyl (C=O) groups excluding carboxylic acids is 1. The molecule has 4 rings (SSSR count). The number of ether oxygens (including phenoxy) is 1. The summed E-state index contributed by atoms with van der Waals surface area (Å²) < 4.78 is 33.0. The third-order valence-electron chi connectivity index (χ3n) is 5.74. The summed E-state index contributed by atoms with van der Waals surface area (Å²) in [5.41, 5.74) is -0.451. The van der Waals surface area contributed by atoms with Gasteiger partial charge in [-0.2, -0.15) is 5.26 Å². The van der Waals surface area contributed by atoms with Crippen molar-refractivity contribution in [1.29, 1.82) is 5.26 Å². The fourth-order valence-electron chi connectivity index (χ4n) is 3.89. The number of carbonyl (C=O) groups is 1. The largest absolute Gasteiger partial charge is 0.593 e. The molecule has 0 bridgehead atoms. The Morgan fingerprint density at radius 1 is 1.22 bits per heavy atom. The van der Waals surface area contributed by atoms with Gasteiger partial charge in [0.05, 0.1) is 18.2 Å². The topological polar surface area (TPSA) is 96.7 Å². The molecule has 144 valence electrons. The van der Waals surface area contributed by atoms with Gasteiger partial charge in [0.2, 0.25) is 0 Å². The number of morpholine rings is 1. The van der Waals surface area contributed by atoms with Crippen molar-refractivity contribution < 1.29 is 18.3 Å². The molecule has 2 saturated heterocycles. The molecule has 0 aromatic heterocycles. The average molecular weight is 389 g/mol. The van der Waals surface area contributed by atoms with Crippen molar-refractivity contribution in [2.24, 2.45) is 5.92 Å². The highest BCUT2D eigenvalue weighted by molar-refractivity contribution is 7.95. The molecule has 1 atom stereocenters. The first-order valence-corrected chi connectivity index (χ1v) is 10.8. The van der Waals surface area contributed by atoms with E-state index in [0.29, 0.717) is 37.5 Å². The molecule has 1 aromatic carbocycles. The second-order valence-corrected chi connectivity index (χ2v) is 9.52. The molecule has 0 N–H and O–H groups in total. The van der Waals surface area contributed by atoms with Gasteiger partial charge in [0.25, 0.3) is 5.91 Å². The van der Waals surface area contributed by atoms with Crippen LogP contribution in [-0.4, -0.2) is 58.1 Å². The number of amides is 1. The van der Waals surface area contributed by atoms with Gasteiger partial charge in [0, 0.05) is 39.0 Å². The van der Waals surface area contributed by atoms with E-state index in [4.69, 9.17) is 10.00 Å². The Morgan fingerprint density at radius 2 is 1.89 bits per heavy atom. The lowest BCUT2D eigenvalue weighted by Crippen LogP contribution is -2.61. The Balaban J connectivity index is 1.45. The summed E-state index contributed by atoms with van der Waals surface area (Å²) in [5.74, 6) is 0.650. The van der Waals surface area contributed by atoms with Crippen molar-refractivity contribution in [1.82, 2.24) is 9.21 Å². The Kier molecular flexibility index (Phi) is 4.80. The van der Waals surface area contributed by atoms with Crippen molar-refractivity contribution in [2.75, 3.05) is 32.8 Å². The van der Waals surface area contributed by atoms with Gasteiger partial charge in [-0.1, -0.05) is 4.21 Å². The molecule has 8 heteroatoms. The normalized spacial score (nSPS) is 25.2. The van der Waals surface area contributed by atoms with Crippen LogP contribution in [0.1, 0.15) is 31.2 Å². The zero-order chi connectivity index (χ0) is 19.1. The average Bonchev–Trinajstić information content (AvgIpc) is 3.50. The number of benzene rings is 1. The highest BCUT2D eigenvalue weighted by Crippen LogP contribution is 2.37. The number of nitriles is 1. The minimum atomic E-state index is -3.64. The molecule has 1 aromatic rings. The minimum absolute atomic E-state index is 0.0241. The Hall–Kier alpha value is -1.79. The van der Waals surface area contributed by atoms with Crippen LogP contribution in [-0.2, 0) is 24.1 Å². The molecule has 2 heterocycles. The van der Waals surface area contributed by atoms with E-state index in [1.165, 1.54) is 41.4 Å². The number of nitrogens with zero attached hydrogens (tertiary/aromatic N) is 3. The van der Waals surface area contributed by atoms with E-state index in [2.05, 4.69) is 0 Å². The van der Waals surface area contributed by atoms with Gasteiger partial charge in [-0.25, -0.2) is 0 Å². The van der Waals surface area contributed by atoms with Crippen LogP contribution in [0.2, 0.25) is 0 Å². The molecule has 1 unspecified atom stereocenters. The van der Waals surface area contributed by atoms with E-state index in [0.717, 1.165) is 6.54 Å². The molecule has 7 nitrogen and oxygen atoms in total. The van der Waals surface area contributed by atoms with Crippen molar-refractivity contribution in [3.05, 3.63) is 29.8 Å². The molecule has 2 aliphatic heterocycles. The first-order valence-electron chi connectivity index (χ1n) is 9.38. The first kappa shape index (κ1) is 18.6. The third-order valence-corrected chi connectivity index (χ3v) is 7.66. The summed E-state index contributed by atoms with van der Waals surface area (Å²) in [6.45, 7) is 2.46.